The Morgan fingerprint density at radius 3 is 2.95 bits per heavy atom. The minimum absolute atomic E-state index is 0.413. The summed E-state index contributed by atoms with van der Waals surface area (Å²) >= 11 is 5.20. The van der Waals surface area contributed by atoms with Crippen LogP contribution in [-0.2, 0) is 6.42 Å². The summed E-state index contributed by atoms with van der Waals surface area (Å²) in [6.07, 6.45) is 1.85. The van der Waals surface area contributed by atoms with Crippen LogP contribution >= 0.6 is 27.7 Å². The minimum atomic E-state index is 0.413. The third kappa shape index (κ3) is 2.91. The van der Waals surface area contributed by atoms with E-state index < -0.39 is 0 Å². The first-order valence-electron chi connectivity index (χ1n) is 6.38. The van der Waals surface area contributed by atoms with Gasteiger partial charge in [-0.1, -0.05) is 34.1 Å². The summed E-state index contributed by atoms with van der Waals surface area (Å²) in [5.41, 5.74) is 1.97. The summed E-state index contributed by atoms with van der Waals surface area (Å²) in [7, 11) is 0. The average molecular weight is 349 g/mol. The van der Waals surface area contributed by atoms with Crippen molar-refractivity contribution in [2.45, 2.75) is 16.6 Å². The van der Waals surface area contributed by atoms with Gasteiger partial charge in [0.25, 0.3) is 0 Å². The van der Waals surface area contributed by atoms with Crippen LogP contribution in [0.3, 0.4) is 0 Å². The standard InChI is InChI=1S/C16H13BrO2S/c17-13-5-6-15(12(7-13)9-18)19-10-14-8-11-3-1-2-4-16(11)20-14/h1-7,9,14H,8,10H2. The molecule has 1 aliphatic rings. The fourth-order valence-electron chi connectivity index (χ4n) is 2.27. The van der Waals surface area contributed by atoms with Crippen molar-refractivity contribution in [2.24, 2.45) is 0 Å². The van der Waals surface area contributed by atoms with E-state index in [1.54, 1.807) is 6.07 Å². The first kappa shape index (κ1) is 13.7. The van der Waals surface area contributed by atoms with Crippen LogP contribution in [0.5, 0.6) is 5.75 Å². The predicted molar refractivity (Wildman–Crippen MR) is 84.8 cm³/mol. The van der Waals surface area contributed by atoms with Crippen molar-refractivity contribution >= 4 is 34.0 Å². The number of halogens is 1. The summed E-state index contributed by atoms with van der Waals surface area (Å²) in [5.74, 6) is 0.653. The molecule has 1 unspecified atom stereocenters. The molecule has 2 nitrogen and oxygen atoms in total. The van der Waals surface area contributed by atoms with Gasteiger partial charge < -0.3 is 4.74 Å². The molecule has 0 saturated carbocycles. The van der Waals surface area contributed by atoms with E-state index in [0.717, 1.165) is 17.2 Å². The molecule has 0 N–H and O–H groups in total. The second kappa shape index (κ2) is 6.02. The smallest absolute Gasteiger partial charge is 0.153 e. The number of hydrogen-bond donors (Lipinski definition) is 0. The molecule has 0 fully saturated rings. The zero-order valence-electron chi connectivity index (χ0n) is 10.7. The van der Waals surface area contributed by atoms with Crippen LogP contribution in [0.15, 0.2) is 51.8 Å². The van der Waals surface area contributed by atoms with Gasteiger partial charge in [-0.3, -0.25) is 4.79 Å². The maximum atomic E-state index is 11.0. The Balaban J connectivity index is 1.66. The molecule has 0 amide bonds. The second-order valence-corrected chi connectivity index (χ2v) is 6.92. The molecule has 2 aromatic carbocycles. The molecule has 4 heteroatoms. The highest BCUT2D eigenvalue weighted by atomic mass is 79.9. The van der Waals surface area contributed by atoms with Crippen LogP contribution in [0.25, 0.3) is 0 Å². The summed E-state index contributed by atoms with van der Waals surface area (Å²) in [6.45, 7) is 0.613. The molecular weight excluding hydrogens is 336 g/mol. The molecule has 0 aliphatic carbocycles. The minimum Gasteiger partial charge on any atom is -0.492 e. The Labute approximate surface area is 130 Å². The topological polar surface area (TPSA) is 26.3 Å². The highest BCUT2D eigenvalue weighted by Gasteiger charge is 2.22. The van der Waals surface area contributed by atoms with Crippen molar-refractivity contribution in [2.75, 3.05) is 6.61 Å². The van der Waals surface area contributed by atoms with Gasteiger partial charge in [0.05, 0.1) is 5.56 Å². The largest absolute Gasteiger partial charge is 0.492 e. The number of ether oxygens (including phenoxy) is 1. The Morgan fingerprint density at radius 2 is 2.15 bits per heavy atom. The SMILES string of the molecule is O=Cc1cc(Br)ccc1OCC1Cc2ccccc2S1. The summed E-state index contributed by atoms with van der Waals surface area (Å²) < 4.78 is 6.71. The number of fused-ring (bicyclic) bond motifs is 1. The summed E-state index contributed by atoms with van der Waals surface area (Å²) in [4.78, 5) is 12.4. The van der Waals surface area contributed by atoms with Gasteiger partial charge in [0, 0.05) is 14.6 Å². The van der Waals surface area contributed by atoms with Gasteiger partial charge in [-0.25, -0.2) is 0 Å². The molecule has 0 spiro atoms. The molecule has 1 atom stereocenters. The van der Waals surface area contributed by atoms with Crippen molar-refractivity contribution in [3.8, 4) is 5.75 Å². The van der Waals surface area contributed by atoms with Gasteiger partial charge in [0.15, 0.2) is 6.29 Å². The number of hydrogen-bond acceptors (Lipinski definition) is 3. The molecule has 0 bridgehead atoms. The van der Waals surface area contributed by atoms with Gasteiger partial charge in [-0.05, 0) is 36.2 Å². The molecule has 2 aromatic rings. The van der Waals surface area contributed by atoms with E-state index in [-0.39, 0.29) is 0 Å². The van der Waals surface area contributed by atoms with E-state index in [1.165, 1.54) is 10.5 Å². The highest BCUT2D eigenvalue weighted by Crippen LogP contribution is 2.37. The maximum Gasteiger partial charge on any atom is 0.153 e. The zero-order valence-corrected chi connectivity index (χ0v) is 13.1. The van der Waals surface area contributed by atoms with E-state index >= 15 is 0 Å². The number of thioether (sulfide) groups is 1. The lowest BCUT2D eigenvalue weighted by Gasteiger charge is -2.12. The Bertz CT molecular complexity index is 617. The van der Waals surface area contributed by atoms with Crippen LogP contribution < -0.4 is 4.74 Å². The summed E-state index contributed by atoms with van der Waals surface area (Å²) in [6, 6.07) is 13.9. The first-order chi connectivity index (χ1) is 9.76. The molecule has 102 valence electrons. The fourth-order valence-corrected chi connectivity index (χ4v) is 3.87. The van der Waals surface area contributed by atoms with Gasteiger partial charge in [-0.15, -0.1) is 11.8 Å². The third-order valence-corrected chi connectivity index (χ3v) is 5.02. The lowest BCUT2D eigenvalue weighted by molar-refractivity contribution is 0.111. The molecule has 0 radical (unpaired) electrons. The summed E-state index contributed by atoms with van der Waals surface area (Å²) in [5, 5.41) is 0.413. The maximum absolute atomic E-state index is 11.0. The van der Waals surface area contributed by atoms with Crippen LogP contribution in [0.2, 0.25) is 0 Å². The Hall–Kier alpha value is -1.26. The lowest BCUT2D eigenvalue weighted by Crippen LogP contribution is -2.14. The quantitative estimate of drug-likeness (QED) is 0.768. The number of carbonyl (C=O) groups is 1. The van der Waals surface area contributed by atoms with Crippen LogP contribution in [0.4, 0.5) is 0 Å². The fraction of sp³-hybridized carbons (Fsp3) is 0.188. The zero-order chi connectivity index (χ0) is 13.9. The Morgan fingerprint density at radius 1 is 1.30 bits per heavy atom. The number of aldehydes is 1. The molecule has 0 saturated heterocycles. The van der Waals surface area contributed by atoms with E-state index in [2.05, 4.69) is 40.2 Å². The lowest BCUT2D eigenvalue weighted by atomic mass is 10.1. The van der Waals surface area contributed by atoms with E-state index in [0.29, 0.717) is 23.2 Å². The van der Waals surface area contributed by atoms with Crippen molar-refractivity contribution in [1.82, 2.24) is 0 Å². The average Bonchev–Trinajstić information content (AvgIpc) is 2.88. The third-order valence-electron chi connectivity index (χ3n) is 3.24. The highest BCUT2D eigenvalue weighted by molar-refractivity contribution is 9.10. The number of carbonyl (C=O) groups excluding carboxylic acids is 1. The van der Waals surface area contributed by atoms with Crippen molar-refractivity contribution in [3.63, 3.8) is 0 Å². The number of rotatable bonds is 4. The molecule has 1 aliphatic heterocycles. The van der Waals surface area contributed by atoms with Crippen LogP contribution in [0.1, 0.15) is 15.9 Å². The van der Waals surface area contributed by atoms with Crippen LogP contribution in [-0.4, -0.2) is 18.1 Å². The monoisotopic (exact) mass is 348 g/mol. The number of benzene rings is 2. The Kier molecular flexibility index (Phi) is 4.13. The normalized spacial score (nSPS) is 16.8. The van der Waals surface area contributed by atoms with Crippen molar-refractivity contribution in [3.05, 3.63) is 58.1 Å². The first-order valence-corrected chi connectivity index (χ1v) is 8.05. The van der Waals surface area contributed by atoms with E-state index in [1.807, 2.05) is 23.9 Å². The molecular formula is C16H13BrO2S. The van der Waals surface area contributed by atoms with Crippen LogP contribution in [0, 0.1) is 0 Å². The molecule has 1 heterocycles. The second-order valence-electron chi connectivity index (χ2n) is 4.66. The predicted octanol–water partition coefficient (Wildman–Crippen LogP) is 4.36. The van der Waals surface area contributed by atoms with Gasteiger partial charge in [-0.2, -0.15) is 0 Å². The molecule has 3 rings (SSSR count). The van der Waals surface area contributed by atoms with E-state index in [4.69, 9.17) is 4.74 Å². The van der Waals surface area contributed by atoms with Gasteiger partial charge in [0.2, 0.25) is 0 Å². The van der Waals surface area contributed by atoms with Crippen molar-refractivity contribution in [1.29, 1.82) is 0 Å². The van der Waals surface area contributed by atoms with Crippen molar-refractivity contribution < 1.29 is 9.53 Å². The van der Waals surface area contributed by atoms with Gasteiger partial charge in [0.1, 0.15) is 12.4 Å². The molecule has 20 heavy (non-hydrogen) atoms. The van der Waals surface area contributed by atoms with Gasteiger partial charge >= 0.3 is 0 Å². The van der Waals surface area contributed by atoms with E-state index in [9.17, 15) is 4.79 Å². The molecule has 0 aromatic heterocycles.